The first-order chi connectivity index (χ1) is 9.10. The van der Waals surface area contributed by atoms with Crippen molar-refractivity contribution in [3.63, 3.8) is 0 Å². The van der Waals surface area contributed by atoms with Gasteiger partial charge in [0.15, 0.2) is 5.75 Å². The Balaban J connectivity index is 2.99. The van der Waals surface area contributed by atoms with Gasteiger partial charge in [-0.25, -0.2) is 14.6 Å². The lowest BCUT2D eigenvalue weighted by molar-refractivity contribution is 0.109. The average Bonchev–Trinajstić information content (AvgIpc) is 2.41. The van der Waals surface area contributed by atoms with Crippen LogP contribution in [-0.4, -0.2) is 38.6 Å². The molecule has 0 aliphatic carbocycles. The van der Waals surface area contributed by atoms with Gasteiger partial charge in [0.25, 0.3) is 5.88 Å². The maximum atomic E-state index is 11.1. The molecule has 0 unspecified atom stereocenters. The molecule has 0 bridgehead atoms. The maximum Gasteiger partial charge on any atom is 0.515 e. The Morgan fingerprint density at radius 1 is 1.11 bits per heavy atom. The Kier molecular flexibility index (Phi) is 5.55. The third-order valence-corrected chi connectivity index (χ3v) is 1.89. The minimum atomic E-state index is -0.985. The molecule has 0 amide bonds. The predicted octanol–water partition coefficient (Wildman–Crippen LogP) is 1.52. The second-order valence-electron chi connectivity index (χ2n) is 3.19. The smallest absolute Gasteiger partial charge is 0.437 e. The van der Waals surface area contributed by atoms with Crippen LogP contribution in [0, 0.1) is 0 Å². The van der Waals surface area contributed by atoms with Gasteiger partial charge in [-0.3, -0.25) is 0 Å². The summed E-state index contributed by atoms with van der Waals surface area (Å²) in [5, 5.41) is 0. The summed E-state index contributed by atoms with van der Waals surface area (Å²) in [7, 11) is 3.79. The molecular weight excluding hydrogens is 258 g/mol. The number of carbonyl (C=O) groups is 2. The SMILES string of the molecule is COCc1cnc(OC(=O)OC)c(OC(=O)OC)c1. The summed E-state index contributed by atoms with van der Waals surface area (Å²) in [6, 6.07) is 1.44. The Hall–Kier alpha value is -2.35. The number of methoxy groups -OCH3 is 3. The van der Waals surface area contributed by atoms with Gasteiger partial charge in [-0.05, 0) is 6.07 Å². The van der Waals surface area contributed by atoms with Crippen molar-refractivity contribution in [2.75, 3.05) is 21.3 Å². The van der Waals surface area contributed by atoms with Crippen molar-refractivity contribution in [2.45, 2.75) is 6.61 Å². The Morgan fingerprint density at radius 2 is 1.74 bits per heavy atom. The normalized spacial score (nSPS) is 9.63. The van der Waals surface area contributed by atoms with Gasteiger partial charge in [0.1, 0.15) is 0 Å². The molecule has 1 rings (SSSR count). The highest BCUT2D eigenvalue weighted by Gasteiger charge is 2.16. The molecular formula is C11H13NO7. The molecule has 104 valence electrons. The van der Waals surface area contributed by atoms with Crippen LogP contribution in [0.5, 0.6) is 11.6 Å². The van der Waals surface area contributed by atoms with Gasteiger partial charge in [-0.2, -0.15) is 0 Å². The van der Waals surface area contributed by atoms with Crippen molar-refractivity contribution >= 4 is 12.3 Å². The van der Waals surface area contributed by atoms with Crippen molar-refractivity contribution in [1.29, 1.82) is 0 Å². The minimum absolute atomic E-state index is 0.0770. The Morgan fingerprint density at radius 3 is 2.32 bits per heavy atom. The number of hydrogen-bond donors (Lipinski definition) is 0. The largest absolute Gasteiger partial charge is 0.515 e. The number of carbonyl (C=O) groups excluding carboxylic acids is 2. The molecule has 0 radical (unpaired) electrons. The summed E-state index contributed by atoms with van der Waals surface area (Å²) in [5.41, 5.74) is 0.624. The molecule has 0 saturated carbocycles. The fraction of sp³-hybridized carbons (Fsp3) is 0.364. The zero-order valence-corrected chi connectivity index (χ0v) is 10.7. The van der Waals surface area contributed by atoms with E-state index in [1.165, 1.54) is 19.4 Å². The molecule has 0 spiro atoms. The van der Waals surface area contributed by atoms with Crippen LogP contribution >= 0.6 is 0 Å². The molecule has 0 aromatic carbocycles. The number of pyridine rings is 1. The highest BCUT2D eigenvalue weighted by atomic mass is 16.7. The topological polar surface area (TPSA) is 93.2 Å². The fourth-order valence-electron chi connectivity index (χ4n) is 1.12. The first-order valence-electron chi connectivity index (χ1n) is 5.10. The monoisotopic (exact) mass is 271 g/mol. The minimum Gasteiger partial charge on any atom is -0.437 e. The molecule has 1 aromatic heterocycles. The van der Waals surface area contributed by atoms with E-state index in [4.69, 9.17) is 14.2 Å². The van der Waals surface area contributed by atoms with Gasteiger partial charge in [-0.15, -0.1) is 0 Å². The second-order valence-corrected chi connectivity index (χ2v) is 3.19. The summed E-state index contributed by atoms with van der Waals surface area (Å²) >= 11 is 0. The van der Waals surface area contributed by atoms with E-state index >= 15 is 0 Å². The lowest BCUT2D eigenvalue weighted by Crippen LogP contribution is -2.13. The number of rotatable bonds is 4. The first-order valence-corrected chi connectivity index (χ1v) is 5.10. The van der Waals surface area contributed by atoms with E-state index in [-0.39, 0.29) is 18.2 Å². The zero-order chi connectivity index (χ0) is 14.3. The molecule has 0 N–H and O–H groups in total. The first kappa shape index (κ1) is 14.7. The van der Waals surface area contributed by atoms with Crippen LogP contribution in [0.2, 0.25) is 0 Å². The Labute approximate surface area is 109 Å². The van der Waals surface area contributed by atoms with Crippen molar-refractivity contribution in [3.05, 3.63) is 17.8 Å². The van der Waals surface area contributed by atoms with Gasteiger partial charge in [-0.1, -0.05) is 0 Å². The molecule has 0 saturated heterocycles. The van der Waals surface area contributed by atoms with Crippen LogP contribution in [0.1, 0.15) is 5.56 Å². The summed E-state index contributed by atoms with van der Waals surface area (Å²) in [5.74, 6) is -0.288. The van der Waals surface area contributed by atoms with E-state index in [9.17, 15) is 9.59 Å². The van der Waals surface area contributed by atoms with E-state index in [1.54, 1.807) is 0 Å². The van der Waals surface area contributed by atoms with Gasteiger partial charge >= 0.3 is 12.3 Å². The molecule has 19 heavy (non-hydrogen) atoms. The van der Waals surface area contributed by atoms with Gasteiger partial charge in [0, 0.05) is 18.9 Å². The summed E-state index contributed by atoms with van der Waals surface area (Å²) in [6.45, 7) is 0.253. The number of ether oxygens (including phenoxy) is 5. The van der Waals surface area contributed by atoms with Gasteiger partial charge in [0.2, 0.25) is 0 Å². The second kappa shape index (κ2) is 7.17. The molecule has 8 nitrogen and oxygen atoms in total. The highest BCUT2D eigenvalue weighted by Crippen LogP contribution is 2.26. The molecule has 8 heteroatoms. The lowest BCUT2D eigenvalue weighted by Gasteiger charge is -2.09. The third-order valence-electron chi connectivity index (χ3n) is 1.89. The van der Waals surface area contributed by atoms with Crippen LogP contribution in [-0.2, 0) is 20.8 Å². The lowest BCUT2D eigenvalue weighted by atomic mass is 10.3. The molecule has 0 aliphatic rings. The number of nitrogens with zero attached hydrogens (tertiary/aromatic N) is 1. The highest BCUT2D eigenvalue weighted by molar-refractivity contribution is 5.67. The van der Waals surface area contributed by atoms with Crippen LogP contribution in [0.15, 0.2) is 12.3 Å². The molecule has 0 atom stereocenters. The van der Waals surface area contributed by atoms with Gasteiger partial charge in [0.05, 0.1) is 20.8 Å². The quantitative estimate of drug-likeness (QED) is 0.761. The zero-order valence-electron chi connectivity index (χ0n) is 10.7. The molecule has 1 aromatic rings. The molecule has 0 fully saturated rings. The van der Waals surface area contributed by atoms with E-state index in [0.717, 1.165) is 14.2 Å². The fourth-order valence-corrected chi connectivity index (χ4v) is 1.12. The van der Waals surface area contributed by atoms with Crippen molar-refractivity contribution in [3.8, 4) is 11.6 Å². The van der Waals surface area contributed by atoms with Gasteiger partial charge < -0.3 is 23.7 Å². The summed E-state index contributed by atoms with van der Waals surface area (Å²) < 4.78 is 23.1. The summed E-state index contributed by atoms with van der Waals surface area (Å²) in [6.07, 6.45) is -0.542. The van der Waals surface area contributed by atoms with Crippen LogP contribution in [0.25, 0.3) is 0 Å². The van der Waals surface area contributed by atoms with E-state index in [1.807, 2.05) is 0 Å². The standard InChI is InChI=1S/C11H13NO7/c1-15-6-7-4-8(18-10(13)16-2)9(12-5-7)19-11(14)17-3/h4-5H,6H2,1-3H3. The predicted molar refractivity (Wildman–Crippen MR) is 61.0 cm³/mol. The van der Waals surface area contributed by atoms with Crippen LogP contribution in [0.3, 0.4) is 0 Å². The Bertz CT molecular complexity index is 460. The van der Waals surface area contributed by atoms with Crippen LogP contribution in [0.4, 0.5) is 9.59 Å². The van der Waals surface area contributed by atoms with E-state index in [2.05, 4.69) is 14.5 Å². The molecule has 1 heterocycles. The maximum absolute atomic E-state index is 11.1. The van der Waals surface area contributed by atoms with Crippen molar-refractivity contribution < 1.29 is 33.3 Å². The number of aromatic nitrogens is 1. The van der Waals surface area contributed by atoms with Crippen molar-refractivity contribution in [1.82, 2.24) is 4.98 Å². The van der Waals surface area contributed by atoms with E-state index in [0.29, 0.717) is 5.56 Å². The van der Waals surface area contributed by atoms with Crippen LogP contribution < -0.4 is 9.47 Å². The number of hydrogen-bond acceptors (Lipinski definition) is 8. The third kappa shape index (κ3) is 4.43. The van der Waals surface area contributed by atoms with Crippen molar-refractivity contribution in [2.24, 2.45) is 0 Å². The van der Waals surface area contributed by atoms with E-state index < -0.39 is 12.3 Å². The summed E-state index contributed by atoms with van der Waals surface area (Å²) in [4.78, 5) is 25.9. The average molecular weight is 271 g/mol. The molecule has 0 aliphatic heterocycles.